The largest absolute Gasteiger partial charge is 0.505 e. The lowest BCUT2D eigenvalue weighted by atomic mass is 9.89. The van der Waals surface area contributed by atoms with Gasteiger partial charge < -0.3 is 4.43 Å². The minimum absolute atomic E-state index is 0.504. The molecule has 0 aliphatic heterocycles. The molecule has 0 rings (SSSR count). The second-order valence-corrected chi connectivity index (χ2v) is 8.61. The maximum absolute atomic E-state index is 5.30. The topological polar surface area (TPSA) is 9.23 Å². The summed E-state index contributed by atoms with van der Waals surface area (Å²) in [5.41, 5.74) is 0.504. The van der Waals surface area contributed by atoms with Gasteiger partial charge in [0.1, 0.15) is 0 Å². The van der Waals surface area contributed by atoms with E-state index in [0.29, 0.717) is 5.41 Å². The zero-order valence-electron chi connectivity index (χ0n) is 12.4. The van der Waals surface area contributed by atoms with Gasteiger partial charge in [-0.25, -0.2) is 0 Å². The molecule has 0 fully saturated rings. The van der Waals surface area contributed by atoms with Crippen LogP contribution < -0.4 is 0 Å². The van der Waals surface area contributed by atoms with E-state index in [-0.39, 0.29) is 0 Å². The summed E-state index contributed by atoms with van der Waals surface area (Å²) in [6.07, 6.45) is 11.8. The van der Waals surface area contributed by atoms with Crippen LogP contribution in [0.5, 0.6) is 0 Å². The van der Waals surface area contributed by atoms with Crippen molar-refractivity contribution in [1.82, 2.24) is 0 Å². The van der Waals surface area contributed by atoms with Gasteiger partial charge >= 0.3 is 0 Å². The van der Waals surface area contributed by atoms with Crippen molar-refractivity contribution < 1.29 is 4.43 Å². The van der Waals surface area contributed by atoms with Crippen molar-refractivity contribution >= 4 is 9.04 Å². The molecule has 1 nitrogen and oxygen atoms in total. The van der Waals surface area contributed by atoms with Crippen LogP contribution >= 0.6 is 0 Å². The molecule has 0 saturated heterocycles. The predicted octanol–water partition coefficient (Wildman–Crippen LogP) is 4.72. The molecule has 0 saturated carbocycles. The van der Waals surface area contributed by atoms with Gasteiger partial charge in [0.05, 0.1) is 6.11 Å². The number of rotatable bonds is 7. The first-order chi connectivity index (χ1) is 7.92. The van der Waals surface area contributed by atoms with E-state index < -0.39 is 9.04 Å². The molecular weight excluding hydrogens is 224 g/mol. The summed E-state index contributed by atoms with van der Waals surface area (Å²) < 4.78 is 5.30. The lowest BCUT2D eigenvalue weighted by molar-refractivity contribution is 0.357. The van der Waals surface area contributed by atoms with Gasteiger partial charge in [-0.05, 0) is 31.4 Å². The van der Waals surface area contributed by atoms with Crippen molar-refractivity contribution in [1.29, 1.82) is 0 Å². The van der Waals surface area contributed by atoms with Gasteiger partial charge in [-0.2, -0.15) is 0 Å². The number of hydrogen-bond donors (Lipinski definition) is 0. The van der Waals surface area contributed by atoms with Crippen LogP contribution in [0.2, 0.25) is 13.1 Å². The highest BCUT2D eigenvalue weighted by atomic mass is 28.3. The molecule has 0 aromatic rings. The molecule has 0 heterocycles. The normalized spacial score (nSPS) is 11.2. The fourth-order valence-electron chi connectivity index (χ4n) is 1.61. The third kappa shape index (κ3) is 15.6. The van der Waals surface area contributed by atoms with Crippen molar-refractivity contribution in [3.63, 3.8) is 0 Å². The van der Waals surface area contributed by atoms with Crippen LogP contribution in [0.4, 0.5) is 0 Å². The molecule has 0 aromatic heterocycles. The van der Waals surface area contributed by atoms with Gasteiger partial charge in [0.15, 0.2) is 0 Å². The third-order valence-corrected chi connectivity index (χ3v) is 3.18. The first-order valence-electron chi connectivity index (χ1n) is 7.05. The molecule has 0 aromatic carbocycles. The van der Waals surface area contributed by atoms with Crippen molar-refractivity contribution in [2.75, 3.05) is 0 Å². The molecule has 0 aliphatic rings. The van der Waals surface area contributed by atoms with Gasteiger partial charge in [-0.3, -0.25) is 0 Å². The minimum Gasteiger partial charge on any atom is -0.505 e. The van der Waals surface area contributed by atoms with E-state index in [9.17, 15) is 0 Å². The lowest BCUT2D eigenvalue weighted by Gasteiger charge is -2.17. The Morgan fingerprint density at radius 1 is 0.941 bits per heavy atom. The summed E-state index contributed by atoms with van der Waals surface area (Å²) in [5, 5.41) is 0. The average Bonchev–Trinajstić information content (AvgIpc) is 2.18. The quantitative estimate of drug-likeness (QED) is 0.363. The van der Waals surface area contributed by atoms with Crippen LogP contribution in [0.3, 0.4) is 0 Å². The van der Waals surface area contributed by atoms with Crippen molar-refractivity contribution in [2.24, 2.45) is 5.41 Å². The molecule has 0 aliphatic carbocycles. The second-order valence-electron chi connectivity index (χ2n) is 6.27. The standard InChI is InChI=1S/C15H30OSi/c1-15(2,3)13-11-9-7-6-8-10-12-14-16-17(4)5/h17H,6-11,13H2,1-5H3. The van der Waals surface area contributed by atoms with E-state index in [1.807, 2.05) is 0 Å². The molecule has 0 bridgehead atoms. The second kappa shape index (κ2) is 9.59. The Morgan fingerprint density at radius 2 is 1.53 bits per heavy atom. The van der Waals surface area contributed by atoms with Crippen LogP contribution in [0.1, 0.15) is 65.7 Å². The summed E-state index contributed by atoms with van der Waals surface area (Å²) in [4.78, 5) is 0. The molecule has 17 heavy (non-hydrogen) atoms. The van der Waals surface area contributed by atoms with E-state index in [1.165, 1.54) is 38.5 Å². The molecule has 0 radical (unpaired) electrons. The molecule has 0 N–H and O–H groups in total. The Kier molecular flexibility index (Phi) is 9.35. The van der Waals surface area contributed by atoms with Crippen LogP contribution in [-0.4, -0.2) is 9.04 Å². The van der Waals surface area contributed by atoms with Crippen molar-refractivity contribution in [2.45, 2.75) is 78.8 Å². The highest BCUT2D eigenvalue weighted by Crippen LogP contribution is 2.22. The zero-order chi connectivity index (χ0) is 13.1. The van der Waals surface area contributed by atoms with Crippen LogP contribution in [0, 0.1) is 17.4 Å². The number of unbranched alkanes of at least 4 members (excludes halogenated alkanes) is 5. The van der Waals surface area contributed by atoms with E-state index in [4.69, 9.17) is 4.43 Å². The molecule has 0 amide bonds. The summed E-state index contributed by atoms with van der Waals surface area (Å²) >= 11 is 0. The predicted molar refractivity (Wildman–Crippen MR) is 79.5 cm³/mol. The first kappa shape index (κ1) is 16.6. The first-order valence-corrected chi connectivity index (χ1v) is 9.83. The Balaban J connectivity index is 3.21. The number of hydrogen-bond acceptors (Lipinski definition) is 1. The highest BCUT2D eigenvalue weighted by molar-refractivity contribution is 6.48. The van der Waals surface area contributed by atoms with Gasteiger partial charge in [0.2, 0.25) is 9.04 Å². The maximum atomic E-state index is 5.30. The molecule has 100 valence electrons. The van der Waals surface area contributed by atoms with Gasteiger partial charge in [-0.15, -0.1) is 0 Å². The SMILES string of the molecule is C[SiH](C)OC#CCCCCCCCC(C)(C)C. The maximum Gasteiger partial charge on any atom is 0.244 e. The van der Waals surface area contributed by atoms with Crippen LogP contribution in [-0.2, 0) is 4.43 Å². The fourth-order valence-corrected chi connectivity index (χ4v) is 1.93. The average molecular weight is 254 g/mol. The Bertz CT molecular complexity index is 230. The summed E-state index contributed by atoms with van der Waals surface area (Å²) in [6.45, 7) is 11.2. The Labute approximate surface area is 110 Å². The van der Waals surface area contributed by atoms with Gasteiger partial charge in [0.25, 0.3) is 0 Å². The highest BCUT2D eigenvalue weighted by Gasteiger charge is 2.08. The lowest BCUT2D eigenvalue weighted by Crippen LogP contribution is -2.03. The van der Waals surface area contributed by atoms with Crippen LogP contribution in [0.15, 0.2) is 0 Å². The molecule has 2 heteroatoms. The van der Waals surface area contributed by atoms with Gasteiger partial charge in [-0.1, -0.05) is 52.4 Å². The molecule has 0 unspecified atom stereocenters. The Morgan fingerprint density at radius 3 is 2.12 bits per heavy atom. The smallest absolute Gasteiger partial charge is 0.244 e. The molecule has 0 spiro atoms. The van der Waals surface area contributed by atoms with E-state index in [2.05, 4.69) is 45.9 Å². The van der Waals surface area contributed by atoms with E-state index >= 15 is 0 Å². The monoisotopic (exact) mass is 254 g/mol. The van der Waals surface area contributed by atoms with Crippen molar-refractivity contribution in [3.8, 4) is 12.0 Å². The van der Waals surface area contributed by atoms with E-state index in [0.717, 1.165) is 6.42 Å². The summed E-state index contributed by atoms with van der Waals surface area (Å²) in [6, 6.07) is 0. The summed E-state index contributed by atoms with van der Waals surface area (Å²) in [5.74, 6) is 3.09. The van der Waals surface area contributed by atoms with Crippen molar-refractivity contribution in [3.05, 3.63) is 0 Å². The molecular formula is C15H30OSi. The third-order valence-electron chi connectivity index (χ3n) is 2.60. The fraction of sp³-hybridized carbons (Fsp3) is 0.867. The Hall–Kier alpha value is -0.423. The summed E-state index contributed by atoms with van der Waals surface area (Å²) in [7, 11) is -0.935. The molecule has 0 atom stereocenters. The zero-order valence-corrected chi connectivity index (χ0v) is 13.6. The van der Waals surface area contributed by atoms with E-state index in [1.54, 1.807) is 0 Å². The minimum atomic E-state index is -0.935. The van der Waals surface area contributed by atoms with Gasteiger partial charge in [0, 0.05) is 6.42 Å². The van der Waals surface area contributed by atoms with Crippen LogP contribution in [0.25, 0.3) is 0 Å².